The van der Waals surface area contributed by atoms with Gasteiger partial charge in [0.2, 0.25) is 29.6 Å². The number of H-pyrrole nitrogens is 1. The van der Waals surface area contributed by atoms with Gasteiger partial charge in [-0.3, -0.25) is 19.2 Å². The van der Waals surface area contributed by atoms with Crippen LogP contribution in [-0.4, -0.2) is 153 Å². The fraction of sp³-hybridized carbons (Fsp3) is 0.500. The van der Waals surface area contributed by atoms with Gasteiger partial charge >= 0.3 is 0 Å². The van der Waals surface area contributed by atoms with Gasteiger partial charge in [-0.2, -0.15) is 4.98 Å². The SMILES string of the molecule is CC1=C(c2ccc(CNC(=O)C3CC(O)CN3C(=O)C(NC(=O)COCCOCCOCCOCCOCC(=O)NCCNc3ccc(Nc4nc(Nc5cccc(C)c5)c(C)[nH]4)cc3)C(C)(C)C)cc2)SCC1. The highest BCUT2D eigenvalue weighted by atomic mass is 32.2. The molecule has 3 aromatic carbocycles. The standard InChI is InChI=1S/C54H75N9O10S/c1-36-8-7-9-43(30-36)59-50-38(3)58-53(62-50)60-42-16-14-41(15-17-42)55-19-20-56-46(65)34-72-27-25-70-23-21-69-22-24-71-26-28-73-35-47(66)61-49(54(4,5)6)52(68)63-33-44(64)31-45(63)51(67)57-32-39-10-12-40(13-11-39)48-37(2)18-29-74-48/h7-17,30,44-45,49,55,59,64H,18-29,31-35H2,1-6H3,(H,56,65)(H,57,67)(H,61,66)(H2,58,60,62). The number of aliphatic hydroxyl groups is 1. The number of hydrogen-bond acceptors (Lipinski definition) is 15. The highest BCUT2D eigenvalue weighted by Gasteiger charge is 2.44. The molecule has 0 aliphatic carbocycles. The Kier molecular flexibility index (Phi) is 22.6. The fourth-order valence-corrected chi connectivity index (χ4v) is 9.42. The van der Waals surface area contributed by atoms with Gasteiger partial charge in [0.05, 0.1) is 64.7 Å². The van der Waals surface area contributed by atoms with E-state index in [0.717, 1.165) is 46.3 Å². The summed E-state index contributed by atoms with van der Waals surface area (Å²) < 4.78 is 27.5. The number of aromatic amines is 1. The lowest BCUT2D eigenvalue weighted by atomic mass is 9.85. The zero-order chi connectivity index (χ0) is 52.9. The predicted octanol–water partition coefficient (Wildman–Crippen LogP) is 5.80. The quantitative estimate of drug-likeness (QED) is 0.0288. The Morgan fingerprint density at radius 2 is 1.41 bits per heavy atom. The van der Waals surface area contributed by atoms with Crippen LogP contribution in [0.3, 0.4) is 0 Å². The molecule has 74 heavy (non-hydrogen) atoms. The summed E-state index contributed by atoms with van der Waals surface area (Å²) in [6.45, 7) is 14.9. The molecule has 19 nitrogen and oxygen atoms in total. The van der Waals surface area contributed by atoms with Crippen molar-refractivity contribution in [1.29, 1.82) is 0 Å². The van der Waals surface area contributed by atoms with E-state index in [9.17, 15) is 24.3 Å². The van der Waals surface area contributed by atoms with Gasteiger partial charge in [0, 0.05) is 60.3 Å². The lowest BCUT2D eigenvalue weighted by Crippen LogP contribution is -2.58. The molecule has 2 aliphatic heterocycles. The predicted molar refractivity (Wildman–Crippen MR) is 289 cm³/mol. The molecule has 0 spiro atoms. The highest BCUT2D eigenvalue weighted by Crippen LogP contribution is 2.39. The molecule has 1 saturated heterocycles. The summed E-state index contributed by atoms with van der Waals surface area (Å²) in [5.41, 5.74) is 7.66. The summed E-state index contributed by atoms with van der Waals surface area (Å²) >= 11 is 1.86. The monoisotopic (exact) mass is 1040 g/mol. The summed E-state index contributed by atoms with van der Waals surface area (Å²) in [5, 5.41) is 29.1. The second-order valence-corrected chi connectivity index (χ2v) is 20.5. The van der Waals surface area contributed by atoms with Crippen LogP contribution in [0.2, 0.25) is 0 Å². The first kappa shape index (κ1) is 57.3. The lowest BCUT2D eigenvalue weighted by Gasteiger charge is -2.35. The Labute approximate surface area is 439 Å². The van der Waals surface area contributed by atoms with Gasteiger partial charge in [0.25, 0.3) is 0 Å². The molecule has 8 N–H and O–H groups in total. The number of benzene rings is 3. The van der Waals surface area contributed by atoms with E-state index in [-0.39, 0.29) is 64.4 Å². The number of imidazole rings is 1. The number of ether oxygens (including phenoxy) is 5. The Balaban J connectivity index is 0.735. The largest absolute Gasteiger partial charge is 0.391 e. The molecule has 4 aromatic rings. The van der Waals surface area contributed by atoms with Crippen LogP contribution in [0.25, 0.3) is 4.91 Å². The maximum Gasteiger partial charge on any atom is 0.246 e. The van der Waals surface area contributed by atoms with Gasteiger partial charge in [0.15, 0.2) is 5.82 Å². The molecule has 3 atom stereocenters. The number of likely N-dealkylation sites (tertiary alicyclic amines) is 1. The van der Waals surface area contributed by atoms with Gasteiger partial charge in [-0.15, -0.1) is 11.8 Å². The normalized spacial score (nSPS) is 16.0. The second kappa shape index (κ2) is 29.2. The van der Waals surface area contributed by atoms with Crippen molar-refractivity contribution in [1.82, 2.24) is 30.8 Å². The minimum Gasteiger partial charge on any atom is -0.391 e. The van der Waals surface area contributed by atoms with Crippen molar-refractivity contribution < 1.29 is 48.0 Å². The number of rotatable bonds is 30. The molecule has 20 heteroatoms. The zero-order valence-electron chi connectivity index (χ0n) is 43.6. The maximum absolute atomic E-state index is 13.9. The molecule has 0 bridgehead atoms. The number of aryl methyl sites for hydroxylation is 2. The second-order valence-electron chi connectivity index (χ2n) is 19.4. The molecule has 402 valence electrons. The molecule has 1 aromatic heterocycles. The van der Waals surface area contributed by atoms with Crippen LogP contribution in [0, 0.1) is 19.3 Å². The third kappa shape index (κ3) is 18.7. The molecule has 2 aliphatic rings. The Hall–Kier alpha value is -6.00. The minimum absolute atomic E-state index is 0.0104. The highest BCUT2D eigenvalue weighted by molar-refractivity contribution is 8.08. The van der Waals surface area contributed by atoms with Crippen LogP contribution in [0.5, 0.6) is 0 Å². The van der Waals surface area contributed by atoms with E-state index in [1.165, 1.54) is 26.5 Å². The van der Waals surface area contributed by atoms with Crippen LogP contribution in [0.1, 0.15) is 62.9 Å². The third-order valence-electron chi connectivity index (χ3n) is 12.1. The number of β-amino-alcohol motifs (C(OH)–C–C–N with tert-alkyl or cyclic N) is 1. The van der Waals surface area contributed by atoms with Gasteiger partial charge in [-0.05, 0) is 85.7 Å². The van der Waals surface area contributed by atoms with E-state index in [4.69, 9.17) is 23.7 Å². The van der Waals surface area contributed by atoms with Crippen molar-refractivity contribution >= 4 is 69.1 Å². The average Bonchev–Trinajstić information content (AvgIpc) is 4.09. The first-order chi connectivity index (χ1) is 35.6. The summed E-state index contributed by atoms with van der Waals surface area (Å²) in [4.78, 5) is 63.1. The number of carbonyl (C=O) groups excluding carboxylic acids is 4. The van der Waals surface area contributed by atoms with Crippen LogP contribution in [0.4, 0.5) is 28.8 Å². The first-order valence-corrected chi connectivity index (χ1v) is 26.3. The number of nitrogens with zero attached hydrogens (tertiary/aromatic N) is 2. The molecule has 3 heterocycles. The van der Waals surface area contributed by atoms with Crippen molar-refractivity contribution in [3.05, 3.63) is 101 Å². The Bertz CT molecular complexity index is 2460. The Morgan fingerprint density at radius 3 is 2.03 bits per heavy atom. The van der Waals surface area contributed by atoms with E-state index < -0.39 is 35.4 Å². The van der Waals surface area contributed by atoms with E-state index in [0.29, 0.717) is 52.1 Å². The summed E-state index contributed by atoms with van der Waals surface area (Å²) in [6, 6.07) is 22.2. The molecular formula is C54H75N9O10S. The fourth-order valence-electron chi connectivity index (χ4n) is 8.15. The molecular weight excluding hydrogens is 967 g/mol. The van der Waals surface area contributed by atoms with E-state index in [2.05, 4.69) is 80.0 Å². The zero-order valence-corrected chi connectivity index (χ0v) is 44.4. The Morgan fingerprint density at radius 1 is 0.770 bits per heavy atom. The van der Waals surface area contributed by atoms with Crippen molar-refractivity contribution in [2.45, 2.75) is 79.1 Å². The minimum atomic E-state index is -0.961. The average molecular weight is 1040 g/mol. The maximum atomic E-state index is 13.9. The smallest absolute Gasteiger partial charge is 0.246 e. The van der Waals surface area contributed by atoms with E-state index >= 15 is 0 Å². The number of amides is 4. The van der Waals surface area contributed by atoms with Gasteiger partial charge in [0.1, 0.15) is 25.3 Å². The van der Waals surface area contributed by atoms with Crippen molar-refractivity contribution in [2.75, 3.05) is 107 Å². The topological polar surface area (TPSA) is 239 Å². The first-order valence-electron chi connectivity index (χ1n) is 25.3. The number of aliphatic hydroxyl groups excluding tert-OH is 1. The van der Waals surface area contributed by atoms with Crippen molar-refractivity contribution in [2.24, 2.45) is 5.41 Å². The molecule has 4 amide bonds. The molecule has 6 rings (SSSR count). The number of anilines is 5. The number of allylic oxidation sites excluding steroid dienone is 1. The number of thioether (sulfide) groups is 1. The molecule has 1 fully saturated rings. The number of carbonyl (C=O) groups is 4. The molecule has 0 saturated carbocycles. The van der Waals surface area contributed by atoms with Gasteiger partial charge in [-0.1, -0.05) is 62.7 Å². The van der Waals surface area contributed by atoms with E-state index in [1.807, 2.05) is 88.0 Å². The summed E-state index contributed by atoms with van der Waals surface area (Å²) in [5.74, 6) is 0.988. The summed E-state index contributed by atoms with van der Waals surface area (Å²) in [7, 11) is 0. The number of nitrogens with one attached hydrogen (secondary N) is 7. The van der Waals surface area contributed by atoms with Gasteiger partial charge < -0.3 is 70.6 Å². The van der Waals surface area contributed by atoms with E-state index in [1.54, 1.807) is 0 Å². The van der Waals surface area contributed by atoms with Crippen LogP contribution in [-0.2, 0) is 49.4 Å². The van der Waals surface area contributed by atoms with Crippen LogP contribution >= 0.6 is 11.8 Å². The summed E-state index contributed by atoms with van der Waals surface area (Å²) in [6.07, 6.45) is 0.334. The molecule has 3 unspecified atom stereocenters. The van der Waals surface area contributed by atoms with Crippen LogP contribution in [0.15, 0.2) is 78.4 Å². The molecule has 0 radical (unpaired) electrons. The van der Waals surface area contributed by atoms with Crippen molar-refractivity contribution in [3.8, 4) is 0 Å². The van der Waals surface area contributed by atoms with Gasteiger partial charge in [-0.25, -0.2) is 0 Å². The third-order valence-corrected chi connectivity index (χ3v) is 13.4. The van der Waals surface area contributed by atoms with Crippen molar-refractivity contribution in [3.63, 3.8) is 0 Å². The van der Waals surface area contributed by atoms with Crippen LogP contribution < -0.4 is 31.9 Å². The lowest BCUT2D eigenvalue weighted by molar-refractivity contribution is -0.144. The number of hydrogen-bond donors (Lipinski definition) is 8. The number of aromatic nitrogens is 2.